The van der Waals surface area contributed by atoms with Crippen LogP contribution in [-0.2, 0) is 0 Å². The number of para-hydroxylation sites is 1. The summed E-state index contributed by atoms with van der Waals surface area (Å²) < 4.78 is 38.2. The number of nitrogens with zero attached hydrogens (tertiary/aromatic N) is 1. The summed E-state index contributed by atoms with van der Waals surface area (Å²) in [4.78, 5) is 0.352. The molecule has 0 saturated carbocycles. The molecular weight excluding hydrogens is 285 g/mol. The maximum atomic E-state index is 13.3. The van der Waals surface area contributed by atoms with Gasteiger partial charge < -0.3 is 5.32 Å². The number of rotatable bonds is 4. The summed E-state index contributed by atoms with van der Waals surface area (Å²) in [6, 6.07) is 12.1. The van der Waals surface area contributed by atoms with Crippen molar-refractivity contribution < 1.29 is 13.2 Å². The summed E-state index contributed by atoms with van der Waals surface area (Å²) in [5, 5.41) is 11.6. The van der Waals surface area contributed by atoms with Gasteiger partial charge in [0.15, 0.2) is 0 Å². The van der Waals surface area contributed by atoms with Crippen LogP contribution in [0.2, 0.25) is 0 Å². The highest BCUT2D eigenvalue weighted by atomic mass is 32.2. The number of thioether (sulfide) groups is 1. The molecule has 0 saturated heterocycles. The zero-order chi connectivity index (χ0) is 14.5. The molecule has 0 aromatic heterocycles. The van der Waals surface area contributed by atoms with Crippen LogP contribution < -0.4 is 5.32 Å². The van der Waals surface area contributed by atoms with Crippen molar-refractivity contribution in [1.82, 2.24) is 0 Å². The topological polar surface area (TPSA) is 35.8 Å². The molecule has 0 radical (unpaired) electrons. The fourth-order valence-corrected chi connectivity index (χ4v) is 2.25. The van der Waals surface area contributed by atoms with Gasteiger partial charge in [0.1, 0.15) is 5.82 Å². The molecule has 0 aliphatic carbocycles. The lowest BCUT2D eigenvalue weighted by Crippen LogP contribution is -1.95. The summed E-state index contributed by atoms with van der Waals surface area (Å²) in [6.45, 7) is 0. The number of halogens is 3. The second kappa shape index (κ2) is 6.35. The molecule has 0 fully saturated rings. The van der Waals surface area contributed by atoms with Gasteiger partial charge in [-0.2, -0.15) is 14.0 Å². The number of alkyl halides is 2. The Hall–Kier alpha value is -2.13. The van der Waals surface area contributed by atoms with Crippen LogP contribution in [0.3, 0.4) is 0 Å². The van der Waals surface area contributed by atoms with Gasteiger partial charge in [-0.3, -0.25) is 0 Å². The van der Waals surface area contributed by atoms with Crippen LogP contribution in [0.4, 0.5) is 24.5 Å². The van der Waals surface area contributed by atoms with Crippen molar-refractivity contribution in [2.45, 2.75) is 10.7 Å². The van der Waals surface area contributed by atoms with Crippen LogP contribution in [0.15, 0.2) is 47.4 Å². The van der Waals surface area contributed by atoms with Crippen LogP contribution in [0.5, 0.6) is 0 Å². The third kappa shape index (κ3) is 3.68. The van der Waals surface area contributed by atoms with Crippen molar-refractivity contribution in [3.8, 4) is 6.07 Å². The van der Waals surface area contributed by atoms with Gasteiger partial charge in [0.05, 0.1) is 17.3 Å². The lowest BCUT2D eigenvalue weighted by molar-refractivity contribution is 0.252. The first-order chi connectivity index (χ1) is 9.58. The monoisotopic (exact) mass is 294 g/mol. The van der Waals surface area contributed by atoms with Gasteiger partial charge in [0.2, 0.25) is 0 Å². The molecule has 2 rings (SSSR count). The van der Waals surface area contributed by atoms with E-state index in [4.69, 9.17) is 5.26 Å². The Balaban J connectivity index is 2.30. The molecule has 0 amide bonds. The molecule has 2 aromatic carbocycles. The predicted octanol–water partition coefficient (Wildman–Crippen LogP) is 4.76. The third-order valence-corrected chi connectivity index (χ3v) is 3.20. The van der Waals surface area contributed by atoms with E-state index in [0.717, 1.165) is 6.07 Å². The van der Waals surface area contributed by atoms with E-state index in [0.29, 0.717) is 28.0 Å². The zero-order valence-electron chi connectivity index (χ0n) is 10.1. The lowest BCUT2D eigenvalue weighted by atomic mass is 10.2. The molecule has 2 nitrogen and oxygen atoms in total. The van der Waals surface area contributed by atoms with Crippen molar-refractivity contribution in [2.75, 3.05) is 5.32 Å². The molecule has 1 N–H and O–H groups in total. The first kappa shape index (κ1) is 14.3. The Bertz CT molecular complexity index is 653. The fraction of sp³-hybridized carbons (Fsp3) is 0.0714. The highest BCUT2D eigenvalue weighted by molar-refractivity contribution is 7.99. The number of benzene rings is 2. The molecule has 6 heteroatoms. The molecule has 0 atom stereocenters. The third-order valence-electron chi connectivity index (χ3n) is 2.41. The Kier molecular flexibility index (Phi) is 4.53. The van der Waals surface area contributed by atoms with E-state index in [1.54, 1.807) is 24.3 Å². The van der Waals surface area contributed by atoms with Gasteiger partial charge in [-0.15, -0.1) is 0 Å². The molecule has 20 heavy (non-hydrogen) atoms. The molecular formula is C14H9F3N2S. The highest BCUT2D eigenvalue weighted by Gasteiger charge is 2.10. The molecule has 102 valence electrons. The Morgan fingerprint density at radius 3 is 2.60 bits per heavy atom. The van der Waals surface area contributed by atoms with Gasteiger partial charge in [-0.05, 0) is 30.3 Å². The number of nitrogens with one attached hydrogen (secondary N) is 1. The fourth-order valence-electron chi connectivity index (χ4n) is 1.65. The molecule has 0 aliphatic rings. The largest absolute Gasteiger partial charge is 0.354 e. The first-order valence-electron chi connectivity index (χ1n) is 5.60. The summed E-state index contributed by atoms with van der Waals surface area (Å²) in [6.07, 6.45) is 0. The van der Waals surface area contributed by atoms with Crippen LogP contribution in [0.1, 0.15) is 5.56 Å². The van der Waals surface area contributed by atoms with Gasteiger partial charge in [0, 0.05) is 10.6 Å². The number of hydrogen-bond donors (Lipinski definition) is 1. The van der Waals surface area contributed by atoms with Gasteiger partial charge in [-0.25, -0.2) is 4.39 Å². The predicted molar refractivity (Wildman–Crippen MR) is 72.7 cm³/mol. The first-order valence-corrected chi connectivity index (χ1v) is 6.48. The van der Waals surface area contributed by atoms with E-state index in [9.17, 15) is 13.2 Å². The highest BCUT2D eigenvalue weighted by Crippen LogP contribution is 2.33. The molecule has 0 aliphatic heterocycles. The van der Waals surface area contributed by atoms with E-state index in [-0.39, 0.29) is 5.56 Å². The average Bonchev–Trinajstić information content (AvgIpc) is 2.39. The molecule has 0 unspecified atom stereocenters. The van der Waals surface area contributed by atoms with Crippen molar-refractivity contribution >= 4 is 23.1 Å². The van der Waals surface area contributed by atoms with E-state index >= 15 is 0 Å². The Morgan fingerprint density at radius 1 is 1.15 bits per heavy atom. The minimum atomic E-state index is -2.54. The molecule has 0 bridgehead atoms. The molecule has 2 aromatic rings. The minimum absolute atomic E-state index is 0.159. The standard InChI is InChI=1S/C14H9F3N2S/c15-10-5-9(8-18)6-11(7-10)19-12-3-1-2-4-13(12)20-14(16)17/h1-7,14,19H. The SMILES string of the molecule is N#Cc1cc(F)cc(Nc2ccccc2SC(F)F)c1. The van der Waals surface area contributed by atoms with Gasteiger partial charge in [0.25, 0.3) is 5.76 Å². The van der Waals surface area contributed by atoms with Crippen molar-refractivity contribution in [2.24, 2.45) is 0 Å². The van der Waals surface area contributed by atoms with Gasteiger partial charge >= 0.3 is 0 Å². The number of hydrogen-bond acceptors (Lipinski definition) is 3. The van der Waals surface area contributed by atoms with E-state index < -0.39 is 11.6 Å². The van der Waals surface area contributed by atoms with E-state index in [1.165, 1.54) is 12.1 Å². The quantitative estimate of drug-likeness (QED) is 0.826. The molecule has 0 heterocycles. The van der Waals surface area contributed by atoms with E-state index in [2.05, 4.69) is 5.32 Å². The van der Waals surface area contributed by atoms with Crippen LogP contribution >= 0.6 is 11.8 Å². The number of anilines is 2. The Morgan fingerprint density at radius 2 is 1.90 bits per heavy atom. The van der Waals surface area contributed by atoms with E-state index in [1.807, 2.05) is 6.07 Å². The summed E-state index contributed by atoms with van der Waals surface area (Å²) >= 11 is 0.404. The zero-order valence-corrected chi connectivity index (χ0v) is 10.9. The summed E-state index contributed by atoms with van der Waals surface area (Å²) in [5.41, 5.74) is 0.933. The van der Waals surface area contributed by atoms with Crippen molar-refractivity contribution in [1.29, 1.82) is 5.26 Å². The summed E-state index contributed by atoms with van der Waals surface area (Å²) in [7, 11) is 0. The minimum Gasteiger partial charge on any atom is -0.354 e. The average molecular weight is 294 g/mol. The number of nitriles is 1. The van der Waals surface area contributed by atoms with Crippen LogP contribution in [-0.4, -0.2) is 5.76 Å². The second-order valence-corrected chi connectivity index (χ2v) is 4.87. The van der Waals surface area contributed by atoms with Gasteiger partial charge in [-0.1, -0.05) is 23.9 Å². The molecule has 0 spiro atoms. The van der Waals surface area contributed by atoms with Crippen molar-refractivity contribution in [3.05, 3.63) is 53.8 Å². The smallest absolute Gasteiger partial charge is 0.288 e. The summed E-state index contributed by atoms with van der Waals surface area (Å²) in [5.74, 6) is -3.11. The van der Waals surface area contributed by atoms with Crippen molar-refractivity contribution in [3.63, 3.8) is 0 Å². The van der Waals surface area contributed by atoms with Crippen LogP contribution in [0, 0.1) is 17.1 Å². The van der Waals surface area contributed by atoms with Crippen LogP contribution in [0.25, 0.3) is 0 Å². The normalized spacial score (nSPS) is 10.3. The second-order valence-electron chi connectivity index (χ2n) is 3.84. The maximum Gasteiger partial charge on any atom is 0.288 e. The Labute approximate surface area is 118 Å². The maximum absolute atomic E-state index is 13.3. The lowest BCUT2D eigenvalue weighted by Gasteiger charge is -2.11.